The van der Waals surface area contributed by atoms with Crippen LogP contribution in [0, 0.1) is 16.0 Å². The molecular formula is C14H16N4O5. The van der Waals surface area contributed by atoms with Gasteiger partial charge in [-0.3, -0.25) is 24.5 Å². The lowest BCUT2D eigenvalue weighted by atomic mass is 9.96. The molecule has 0 atom stereocenters. The lowest BCUT2D eigenvalue weighted by Crippen LogP contribution is -2.46. The summed E-state index contributed by atoms with van der Waals surface area (Å²) in [6.07, 6.45) is 0.805. The van der Waals surface area contributed by atoms with Crippen molar-refractivity contribution in [1.82, 2.24) is 4.90 Å². The Balaban J connectivity index is 2.00. The molecule has 1 aromatic carbocycles. The number of piperidine rings is 1. The van der Waals surface area contributed by atoms with Gasteiger partial charge in [0.25, 0.3) is 5.69 Å². The fraction of sp³-hybridized carbons (Fsp3) is 0.357. The normalized spacial score (nSPS) is 15.0. The second-order valence-electron chi connectivity index (χ2n) is 5.20. The number of carbonyl (C=O) groups excluding carboxylic acids is 3. The van der Waals surface area contributed by atoms with Crippen LogP contribution in [0.5, 0.6) is 0 Å². The number of benzene rings is 1. The number of rotatable bonds is 3. The number of nitrogens with zero attached hydrogens (tertiary/aromatic N) is 2. The lowest BCUT2D eigenvalue weighted by Gasteiger charge is -2.29. The van der Waals surface area contributed by atoms with E-state index >= 15 is 0 Å². The Hall–Kier alpha value is -2.97. The van der Waals surface area contributed by atoms with Crippen molar-refractivity contribution in [3.05, 3.63) is 34.4 Å². The van der Waals surface area contributed by atoms with E-state index in [4.69, 9.17) is 5.73 Å². The van der Waals surface area contributed by atoms with Gasteiger partial charge in [-0.25, -0.2) is 0 Å². The zero-order valence-electron chi connectivity index (χ0n) is 12.2. The second-order valence-corrected chi connectivity index (χ2v) is 5.20. The third-order valence-electron chi connectivity index (χ3n) is 3.73. The van der Waals surface area contributed by atoms with Gasteiger partial charge in [0, 0.05) is 25.1 Å². The van der Waals surface area contributed by atoms with Crippen molar-refractivity contribution in [3.63, 3.8) is 0 Å². The van der Waals surface area contributed by atoms with Gasteiger partial charge in [0.2, 0.25) is 5.91 Å². The summed E-state index contributed by atoms with van der Waals surface area (Å²) in [6, 6.07) is 5.57. The monoisotopic (exact) mass is 320 g/mol. The molecule has 1 fully saturated rings. The molecule has 0 radical (unpaired) electrons. The van der Waals surface area contributed by atoms with Gasteiger partial charge in [-0.1, -0.05) is 12.1 Å². The zero-order valence-corrected chi connectivity index (χ0v) is 12.2. The van der Waals surface area contributed by atoms with Gasteiger partial charge in [0.05, 0.1) is 4.92 Å². The molecular weight excluding hydrogens is 304 g/mol. The third-order valence-corrected chi connectivity index (χ3v) is 3.73. The Morgan fingerprint density at radius 3 is 2.39 bits per heavy atom. The zero-order chi connectivity index (χ0) is 17.0. The lowest BCUT2D eigenvalue weighted by molar-refractivity contribution is -0.383. The molecule has 0 unspecified atom stereocenters. The van der Waals surface area contributed by atoms with Crippen LogP contribution < -0.4 is 11.1 Å². The first-order valence-corrected chi connectivity index (χ1v) is 7.03. The van der Waals surface area contributed by atoms with E-state index in [1.165, 1.54) is 29.2 Å². The average molecular weight is 320 g/mol. The molecule has 0 bridgehead atoms. The summed E-state index contributed by atoms with van der Waals surface area (Å²) in [5, 5.41) is 13.1. The van der Waals surface area contributed by atoms with Gasteiger partial charge in [-0.05, 0) is 18.9 Å². The molecule has 1 heterocycles. The number of hydrogen-bond acceptors (Lipinski definition) is 5. The smallest absolute Gasteiger partial charge is 0.314 e. The first-order valence-electron chi connectivity index (χ1n) is 7.03. The first-order chi connectivity index (χ1) is 10.9. The number of nitrogens with one attached hydrogen (secondary N) is 1. The molecule has 23 heavy (non-hydrogen) atoms. The second kappa shape index (κ2) is 6.86. The van der Waals surface area contributed by atoms with Crippen LogP contribution in [0.3, 0.4) is 0 Å². The summed E-state index contributed by atoms with van der Waals surface area (Å²) in [7, 11) is 0. The first kappa shape index (κ1) is 16.4. The minimum Gasteiger partial charge on any atom is -0.369 e. The molecule has 0 aromatic heterocycles. The summed E-state index contributed by atoms with van der Waals surface area (Å²) in [6.45, 7) is 0.494. The molecule has 3 N–H and O–H groups in total. The quantitative estimate of drug-likeness (QED) is 0.467. The number of carbonyl (C=O) groups is 3. The summed E-state index contributed by atoms with van der Waals surface area (Å²) >= 11 is 0. The minimum atomic E-state index is -0.947. The van der Waals surface area contributed by atoms with Crippen molar-refractivity contribution in [2.45, 2.75) is 12.8 Å². The average Bonchev–Trinajstić information content (AvgIpc) is 2.54. The topological polar surface area (TPSA) is 136 Å². The van der Waals surface area contributed by atoms with Gasteiger partial charge in [-0.2, -0.15) is 0 Å². The van der Waals surface area contributed by atoms with Crippen molar-refractivity contribution < 1.29 is 19.3 Å². The van der Waals surface area contributed by atoms with Crippen LogP contribution in [-0.4, -0.2) is 40.6 Å². The van der Waals surface area contributed by atoms with Gasteiger partial charge in [-0.15, -0.1) is 0 Å². The van der Waals surface area contributed by atoms with E-state index in [9.17, 15) is 24.5 Å². The Kier molecular flexibility index (Phi) is 4.89. The fourth-order valence-electron chi connectivity index (χ4n) is 2.43. The van der Waals surface area contributed by atoms with Gasteiger partial charge < -0.3 is 16.0 Å². The van der Waals surface area contributed by atoms with E-state index in [0.717, 1.165) is 0 Å². The van der Waals surface area contributed by atoms with Crippen molar-refractivity contribution in [2.24, 2.45) is 11.7 Å². The van der Waals surface area contributed by atoms with Crippen molar-refractivity contribution in [1.29, 1.82) is 0 Å². The fourth-order valence-corrected chi connectivity index (χ4v) is 2.43. The largest absolute Gasteiger partial charge is 0.369 e. The van der Waals surface area contributed by atoms with Crippen LogP contribution in [0.25, 0.3) is 0 Å². The number of nitrogens with two attached hydrogens (primary N) is 1. The van der Waals surface area contributed by atoms with E-state index in [2.05, 4.69) is 5.32 Å². The van der Waals surface area contributed by atoms with Crippen molar-refractivity contribution >= 4 is 29.1 Å². The van der Waals surface area contributed by atoms with Crippen molar-refractivity contribution in [2.75, 3.05) is 18.4 Å². The molecule has 1 aliphatic heterocycles. The maximum atomic E-state index is 12.1. The molecule has 122 valence electrons. The number of amides is 3. The predicted molar refractivity (Wildman–Crippen MR) is 80.2 cm³/mol. The van der Waals surface area contributed by atoms with Gasteiger partial charge in [0.1, 0.15) is 5.69 Å². The number of likely N-dealkylation sites (tertiary alicyclic amines) is 1. The van der Waals surface area contributed by atoms with Crippen LogP contribution in [0.4, 0.5) is 11.4 Å². The molecule has 2 rings (SSSR count). The highest BCUT2D eigenvalue weighted by Gasteiger charge is 2.29. The highest BCUT2D eigenvalue weighted by Crippen LogP contribution is 2.23. The Morgan fingerprint density at radius 1 is 1.22 bits per heavy atom. The number of hydrogen-bond donors (Lipinski definition) is 2. The molecule has 9 heteroatoms. The maximum absolute atomic E-state index is 12.1. The minimum absolute atomic E-state index is 0.0390. The number of para-hydroxylation sites is 2. The van der Waals surface area contributed by atoms with E-state index < -0.39 is 22.6 Å². The summed E-state index contributed by atoms with van der Waals surface area (Å²) in [5.74, 6) is -2.44. The predicted octanol–water partition coefficient (Wildman–Crippen LogP) is 0.257. The number of primary amides is 1. The van der Waals surface area contributed by atoms with Crippen LogP contribution in [0.1, 0.15) is 12.8 Å². The molecule has 0 aliphatic carbocycles. The highest BCUT2D eigenvalue weighted by atomic mass is 16.6. The summed E-state index contributed by atoms with van der Waals surface area (Å²) in [4.78, 5) is 46.7. The standard InChI is InChI=1S/C14H16N4O5/c15-12(19)9-5-7-17(8-6-9)14(21)13(20)16-10-3-1-2-4-11(10)18(22)23/h1-4,9H,5-8H2,(H2,15,19)(H,16,20). The maximum Gasteiger partial charge on any atom is 0.314 e. The van der Waals surface area contributed by atoms with Crippen molar-refractivity contribution in [3.8, 4) is 0 Å². The number of anilines is 1. The van der Waals surface area contributed by atoms with Crippen LogP contribution in [0.2, 0.25) is 0 Å². The molecule has 0 saturated carbocycles. The molecule has 0 spiro atoms. The third kappa shape index (κ3) is 3.82. The Morgan fingerprint density at radius 2 is 1.83 bits per heavy atom. The summed E-state index contributed by atoms with van der Waals surface area (Å²) in [5.41, 5.74) is 4.88. The SMILES string of the molecule is NC(=O)C1CCN(C(=O)C(=O)Nc2ccccc2[N+](=O)[O-])CC1. The number of nitro benzene ring substituents is 1. The van der Waals surface area contributed by atoms with E-state index in [-0.39, 0.29) is 30.4 Å². The van der Waals surface area contributed by atoms with Crippen LogP contribution >= 0.6 is 0 Å². The summed E-state index contributed by atoms with van der Waals surface area (Å²) < 4.78 is 0. The van der Waals surface area contributed by atoms with Gasteiger partial charge >= 0.3 is 11.8 Å². The Labute approximate surface area is 131 Å². The number of nitro groups is 1. The van der Waals surface area contributed by atoms with E-state index in [0.29, 0.717) is 12.8 Å². The molecule has 1 saturated heterocycles. The van der Waals surface area contributed by atoms with Crippen LogP contribution in [0.15, 0.2) is 24.3 Å². The van der Waals surface area contributed by atoms with Crippen LogP contribution in [-0.2, 0) is 14.4 Å². The van der Waals surface area contributed by atoms with Gasteiger partial charge in [0.15, 0.2) is 0 Å². The highest BCUT2D eigenvalue weighted by molar-refractivity contribution is 6.39. The Bertz CT molecular complexity index is 652. The molecule has 9 nitrogen and oxygen atoms in total. The molecule has 1 aliphatic rings. The molecule has 3 amide bonds. The van der Waals surface area contributed by atoms with E-state index in [1.54, 1.807) is 0 Å². The van der Waals surface area contributed by atoms with E-state index in [1.807, 2.05) is 0 Å². The molecule has 1 aromatic rings.